The zero-order valence-corrected chi connectivity index (χ0v) is 11.7. The fourth-order valence-electron chi connectivity index (χ4n) is 1.66. The first kappa shape index (κ1) is 13.4. The van der Waals surface area contributed by atoms with Crippen LogP contribution in [0.5, 0.6) is 0 Å². The quantitative estimate of drug-likeness (QED) is 0.925. The van der Waals surface area contributed by atoms with Crippen LogP contribution in [0.15, 0.2) is 52.5 Å². The smallest absolute Gasteiger partial charge is 0.101 e. The highest BCUT2D eigenvalue weighted by molar-refractivity contribution is 7.99. The average molecular weight is 279 g/mol. The van der Waals surface area contributed by atoms with Crippen molar-refractivity contribution in [2.75, 3.05) is 0 Å². The Balaban J connectivity index is 2.27. The summed E-state index contributed by atoms with van der Waals surface area (Å²) in [6, 6.07) is 11.9. The second-order valence-corrected chi connectivity index (χ2v) is 5.70. The van der Waals surface area contributed by atoms with Crippen molar-refractivity contribution >= 4 is 23.4 Å². The highest BCUT2D eigenvalue weighted by Gasteiger charge is 2.08. The number of nitrogens with zero attached hydrogens (tertiary/aromatic N) is 1. The van der Waals surface area contributed by atoms with Crippen LogP contribution in [0, 0.1) is 0 Å². The van der Waals surface area contributed by atoms with Crippen molar-refractivity contribution in [2.24, 2.45) is 5.73 Å². The van der Waals surface area contributed by atoms with Crippen molar-refractivity contribution in [1.82, 2.24) is 4.98 Å². The lowest BCUT2D eigenvalue weighted by molar-refractivity contribution is 0.729. The van der Waals surface area contributed by atoms with Gasteiger partial charge in [-0.25, -0.2) is 4.98 Å². The molecule has 0 aliphatic heterocycles. The molecule has 4 heteroatoms. The monoisotopic (exact) mass is 278 g/mol. The largest absolute Gasteiger partial charge is 0.328 e. The Hall–Kier alpha value is -1.03. The molecule has 1 unspecified atom stereocenters. The fourth-order valence-corrected chi connectivity index (χ4v) is 2.85. The van der Waals surface area contributed by atoms with E-state index in [9.17, 15) is 0 Å². The molecular weight excluding hydrogens is 264 g/mol. The Labute approximate surface area is 117 Å². The van der Waals surface area contributed by atoms with E-state index in [-0.39, 0.29) is 6.04 Å². The predicted octanol–water partition coefficient (Wildman–Crippen LogP) is 3.78. The molecule has 0 aliphatic carbocycles. The van der Waals surface area contributed by atoms with E-state index >= 15 is 0 Å². The van der Waals surface area contributed by atoms with Crippen LogP contribution >= 0.6 is 23.4 Å². The molecule has 0 amide bonds. The lowest BCUT2D eigenvalue weighted by Crippen LogP contribution is -2.18. The number of hydrogen-bond donors (Lipinski definition) is 1. The van der Waals surface area contributed by atoms with Crippen LogP contribution in [-0.4, -0.2) is 11.0 Å². The third-order valence-electron chi connectivity index (χ3n) is 2.42. The summed E-state index contributed by atoms with van der Waals surface area (Å²) in [7, 11) is 0. The first-order valence-electron chi connectivity index (χ1n) is 5.78. The summed E-state index contributed by atoms with van der Waals surface area (Å²) in [4.78, 5) is 5.44. The predicted molar refractivity (Wildman–Crippen MR) is 77.2 cm³/mol. The number of aromatic nitrogens is 1. The second kappa shape index (κ2) is 6.23. The third-order valence-corrected chi connectivity index (χ3v) is 3.71. The van der Waals surface area contributed by atoms with Crippen LogP contribution in [-0.2, 0) is 6.42 Å². The van der Waals surface area contributed by atoms with Crippen LogP contribution in [0.1, 0.15) is 12.5 Å². The summed E-state index contributed by atoms with van der Waals surface area (Å²) >= 11 is 7.67. The summed E-state index contributed by atoms with van der Waals surface area (Å²) in [6.07, 6.45) is 2.63. The summed E-state index contributed by atoms with van der Waals surface area (Å²) < 4.78 is 0. The summed E-state index contributed by atoms with van der Waals surface area (Å²) in [5.74, 6) is 0. The minimum Gasteiger partial charge on any atom is -0.328 e. The van der Waals surface area contributed by atoms with Gasteiger partial charge in [0, 0.05) is 22.2 Å². The van der Waals surface area contributed by atoms with Crippen LogP contribution in [0.2, 0.25) is 5.02 Å². The van der Waals surface area contributed by atoms with E-state index in [0.29, 0.717) is 0 Å². The molecular formula is C14H15ClN2S. The van der Waals surface area contributed by atoms with Gasteiger partial charge in [0.05, 0.1) is 0 Å². The number of hydrogen-bond acceptors (Lipinski definition) is 3. The molecule has 0 bridgehead atoms. The molecule has 2 N–H and O–H groups in total. The molecule has 2 rings (SSSR count). The zero-order chi connectivity index (χ0) is 13.0. The van der Waals surface area contributed by atoms with Crippen molar-refractivity contribution in [1.29, 1.82) is 0 Å². The number of nitrogens with two attached hydrogens (primary N) is 1. The molecule has 94 valence electrons. The van der Waals surface area contributed by atoms with Gasteiger partial charge in [-0.1, -0.05) is 35.5 Å². The van der Waals surface area contributed by atoms with Gasteiger partial charge in [-0.2, -0.15) is 0 Å². The van der Waals surface area contributed by atoms with E-state index in [0.717, 1.165) is 21.4 Å². The topological polar surface area (TPSA) is 38.9 Å². The third kappa shape index (κ3) is 3.73. The average Bonchev–Trinajstić information content (AvgIpc) is 2.33. The Morgan fingerprint density at radius 1 is 1.33 bits per heavy atom. The molecule has 18 heavy (non-hydrogen) atoms. The van der Waals surface area contributed by atoms with Crippen LogP contribution in [0.25, 0.3) is 0 Å². The van der Waals surface area contributed by atoms with Crippen LogP contribution in [0.4, 0.5) is 0 Å². The molecule has 0 saturated carbocycles. The maximum Gasteiger partial charge on any atom is 0.101 e. The number of halogens is 1. The lowest BCUT2D eigenvalue weighted by Gasteiger charge is -2.11. The van der Waals surface area contributed by atoms with Crippen molar-refractivity contribution in [2.45, 2.75) is 29.3 Å². The summed E-state index contributed by atoms with van der Waals surface area (Å²) in [6.45, 7) is 2.00. The van der Waals surface area contributed by atoms with Crippen molar-refractivity contribution in [3.05, 3.63) is 53.2 Å². The molecule has 1 aromatic carbocycles. The van der Waals surface area contributed by atoms with Gasteiger partial charge >= 0.3 is 0 Å². The van der Waals surface area contributed by atoms with Crippen LogP contribution < -0.4 is 5.73 Å². The van der Waals surface area contributed by atoms with Gasteiger partial charge in [0.2, 0.25) is 0 Å². The van der Waals surface area contributed by atoms with E-state index in [1.54, 1.807) is 18.0 Å². The number of pyridine rings is 1. The normalized spacial score (nSPS) is 12.4. The van der Waals surface area contributed by atoms with Crippen molar-refractivity contribution in [3.63, 3.8) is 0 Å². The van der Waals surface area contributed by atoms with E-state index < -0.39 is 0 Å². The first-order chi connectivity index (χ1) is 8.65. The summed E-state index contributed by atoms with van der Waals surface area (Å²) in [5, 5.41) is 1.70. The molecule has 0 aliphatic rings. The maximum atomic E-state index is 6.05. The Morgan fingerprint density at radius 3 is 2.83 bits per heavy atom. The number of benzene rings is 1. The van der Waals surface area contributed by atoms with E-state index in [2.05, 4.69) is 4.98 Å². The molecule has 2 nitrogen and oxygen atoms in total. The minimum atomic E-state index is 0.134. The Morgan fingerprint density at radius 2 is 2.17 bits per heavy atom. The minimum absolute atomic E-state index is 0.134. The van der Waals surface area contributed by atoms with Crippen LogP contribution in [0.3, 0.4) is 0 Å². The van der Waals surface area contributed by atoms with E-state index in [1.165, 1.54) is 5.56 Å². The molecule has 0 radical (unpaired) electrons. The molecule has 0 saturated heterocycles. The Bertz CT molecular complexity index is 514. The first-order valence-corrected chi connectivity index (χ1v) is 6.97. The van der Waals surface area contributed by atoms with Gasteiger partial charge < -0.3 is 5.73 Å². The molecule has 0 fully saturated rings. The molecule has 0 spiro atoms. The molecule has 2 aromatic rings. The molecule has 1 aromatic heterocycles. The van der Waals surface area contributed by atoms with Gasteiger partial charge in [0.15, 0.2) is 0 Å². The number of rotatable bonds is 4. The van der Waals surface area contributed by atoms with Gasteiger partial charge in [-0.3, -0.25) is 0 Å². The van der Waals surface area contributed by atoms with Crippen molar-refractivity contribution < 1.29 is 0 Å². The summed E-state index contributed by atoms with van der Waals surface area (Å²) in [5.41, 5.74) is 7.08. The fraction of sp³-hybridized carbons (Fsp3) is 0.214. The van der Waals surface area contributed by atoms with Gasteiger partial charge in [-0.15, -0.1) is 0 Å². The van der Waals surface area contributed by atoms with Gasteiger partial charge in [0.25, 0.3) is 0 Å². The Kier molecular flexibility index (Phi) is 4.64. The zero-order valence-electron chi connectivity index (χ0n) is 10.1. The lowest BCUT2D eigenvalue weighted by atomic mass is 10.1. The van der Waals surface area contributed by atoms with Gasteiger partial charge in [-0.05, 0) is 43.2 Å². The van der Waals surface area contributed by atoms with E-state index in [4.69, 9.17) is 17.3 Å². The van der Waals surface area contributed by atoms with Gasteiger partial charge in [0.1, 0.15) is 5.03 Å². The molecule has 1 heterocycles. The maximum absolute atomic E-state index is 6.05. The molecule has 1 atom stereocenters. The SMILES string of the molecule is CC(N)Cc1ccc(Cl)cc1Sc1ccccn1. The standard InChI is InChI=1S/C14H15ClN2S/c1-10(16)8-11-5-6-12(15)9-13(11)18-14-4-2-3-7-17-14/h2-7,9-10H,8,16H2,1H3. The van der Waals surface area contributed by atoms with E-state index in [1.807, 2.05) is 43.3 Å². The second-order valence-electron chi connectivity index (χ2n) is 4.20. The van der Waals surface area contributed by atoms with Crippen molar-refractivity contribution in [3.8, 4) is 0 Å². The highest BCUT2D eigenvalue weighted by atomic mass is 35.5. The highest BCUT2D eigenvalue weighted by Crippen LogP contribution is 2.31.